The van der Waals surface area contributed by atoms with Crippen molar-refractivity contribution in [2.24, 2.45) is 12.8 Å². The number of ether oxygens (including phenoxy) is 1. The van der Waals surface area contributed by atoms with E-state index in [2.05, 4.69) is 10.3 Å². The molecule has 0 aliphatic carbocycles. The maximum Gasteiger partial charge on any atom is 0.271 e. The molecule has 0 aromatic carbocycles. The van der Waals surface area contributed by atoms with E-state index < -0.39 is 0 Å². The predicted octanol–water partition coefficient (Wildman–Crippen LogP) is -0.486. The van der Waals surface area contributed by atoms with Crippen molar-refractivity contribution >= 4 is 5.91 Å². The minimum atomic E-state index is -0.176. The fourth-order valence-electron chi connectivity index (χ4n) is 1.29. The van der Waals surface area contributed by atoms with Crippen molar-refractivity contribution in [3.63, 3.8) is 0 Å². The Balaban J connectivity index is 2.25. The van der Waals surface area contributed by atoms with Crippen molar-refractivity contribution in [2.75, 3.05) is 20.3 Å². The summed E-state index contributed by atoms with van der Waals surface area (Å²) in [7, 11) is 3.42. The molecule has 6 heteroatoms. The van der Waals surface area contributed by atoms with Gasteiger partial charge in [0.15, 0.2) is 0 Å². The molecule has 0 saturated carbocycles. The Hall–Kier alpha value is -1.40. The molecule has 1 aromatic rings. The van der Waals surface area contributed by atoms with Gasteiger partial charge in [0, 0.05) is 32.9 Å². The summed E-state index contributed by atoms with van der Waals surface area (Å²) in [6, 6.07) is -0.0472. The zero-order chi connectivity index (χ0) is 12.0. The van der Waals surface area contributed by atoms with Crippen LogP contribution >= 0.6 is 0 Å². The number of nitrogens with one attached hydrogen (secondary N) is 1. The van der Waals surface area contributed by atoms with Crippen LogP contribution in [-0.4, -0.2) is 41.8 Å². The molecular formula is C10H18N4O2. The summed E-state index contributed by atoms with van der Waals surface area (Å²) in [5.41, 5.74) is 6.14. The van der Waals surface area contributed by atoms with Crippen LogP contribution in [0.2, 0.25) is 0 Å². The molecule has 1 heterocycles. The van der Waals surface area contributed by atoms with Crippen LogP contribution in [-0.2, 0) is 11.8 Å². The van der Waals surface area contributed by atoms with Crippen LogP contribution < -0.4 is 11.1 Å². The summed E-state index contributed by atoms with van der Waals surface area (Å²) in [4.78, 5) is 15.5. The van der Waals surface area contributed by atoms with Crippen LogP contribution in [0.3, 0.4) is 0 Å². The number of nitrogens with zero attached hydrogens (tertiary/aromatic N) is 2. The summed E-state index contributed by atoms with van der Waals surface area (Å²) in [5.74, 6) is -0.176. The first kappa shape index (κ1) is 12.7. The molecule has 0 aliphatic rings. The fraction of sp³-hybridized carbons (Fsp3) is 0.600. The molecular weight excluding hydrogens is 208 g/mol. The molecule has 1 unspecified atom stereocenters. The fourth-order valence-corrected chi connectivity index (χ4v) is 1.29. The summed E-state index contributed by atoms with van der Waals surface area (Å²) in [6.45, 7) is 1.03. The molecule has 1 atom stereocenters. The lowest BCUT2D eigenvalue weighted by Crippen LogP contribution is -2.33. The van der Waals surface area contributed by atoms with Crippen LogP contribution in [0.1, 0.15) is 16.9 Å². The Labute approximate surface area is 94.8 Å². The third-order valence-electron chi connectivity index (χ3n) is 2.12. The maximum atomic E-state index is 11.5. The van der Waals surface area contributed by atoms with Crippen molar-refractivity contribution in [1.29, 1.82) is 0 Å². The number of amides is 1. The van der Waals surface area contributed by atoms with Crippen LogP contribution in [0.15, 0.2) is 12.5 Å². The Morgan fingerprint density at radius 2 is 2.50 bits per heavy atom. The first-order valence-corrected chi connectivity index (χ1v) is 5.14. The number of carbonyl (C=O) groups is 1. The van der Waals surface area contributed by atoms with Gasteiger partial charge in [-0.2, -0.15) is 0 Å². The molecule has 1 aromatic heterocycles. The SMILES string of the molecule is COCC(N)CCNC(=O)c1cn(C)cn1. The van der Waals surface area contributed by atoms with E-state index >= 15 is 0 Å². The number of methoxy groups -OCH3 is 1. The molecule has 0 fully saturated rings. The number of rotatable bonds is 6. The lowest BCUT2D eigenvalue weighted by molar-refractivity contribution is 0.0945. The summed E-state index contributed by atoms with van der Waals surface area (Å²) in [5, 5.41) is 2.75. The van der Waals surface area contributed by atoms with E-state index in [0.717, 1.165) is 0 Å². The van der Waals surface area contributed by atoms with Crippen LogP contribution in [0.5, 0.6) is 0 Å². The van der Waals surface area contributed by atoms with Crippen molar-refractivity contribution in [3.8, 4) is 0 Å². The zero-order valence-electron chi connectivity index (χ0n) is 9.64. The van der Waals surface area contributed by atoms with Crippen molar-refractivity contribution < 1.29 is 9.53 Å². The monoisotopic (exact) mass is 226 g/mol. The van der Waals surface area contributed by atoms with E-state index in [9.17, 15) is 4.79 Å². The molecule has 16 heavy (non-hydrogen) atoms. The number of carbonyl (C=O) groups excluding carboxylic acids is 1. The Morgan fingerprint density at radius 1 is 1.75 bits per heavy atom. The number of aryl methyl sites for hydroxylation is 1. The molecule has 90 valence electrons. The summed E-state index contributed by atoms with van der Waals surface area (Å²) < 4.78 is 6.62. The van der Waals surface area contributed by atoms with Crippen molar-refractivity contribution in [2.45, 2.75) is 12.5 Å². The van der Waals surface area contributed by atoms with Gasteiger partial charge in [-0.1, -0.05) is 0 Å². The normalized spacial score (nSPS) is 12.4. The third-order valence-corrected chi connectivity index (χ3v) is 2.12. The topological polar surface area (TPSA) is 82.2 Å². The number of hydrogen-bond acceptors (Lipinski definition) is 4. The van der Waals surface area contributed by atoms with E-state index in [1.165, 1.54) is 0 Å². The largest absolute Gasteiger partial charge is 0.383 e. The number of hydrogen-bond donors (Lipinski definition) is 2. The van der Waals surface area contributed by atoms with Gasteiger partial charge in [-0.25, -0.2) is 4.98 Å². The molecule has 6 nitrogen and oxygen atoms in total. The quantitative estimate of drug-likeness (QED) is 0.686. The highest BCUT2D eigenvalue weighted by molar-refractivity contribution is 5.91. The van der Waals surface area contributed by atoms with E-state index in [1.54, 1.807) is 24.2 Å². The Kier molecular flexibility index (Phi) is 4.94. The highest BCUT2D eigenvalue weighted by Gasteiger charge is 2.08. The average Bonchev–Trinajstić information content (AvgIpc) is 2.65. The summed E-state index contributed by atoms with van der Waals surface area (Å²) in [6.07, 6.45) is 3.95. The van der Waals surface area contributed by atoms with Crippen molar-refractivity contribution in [3.05, 3.63) is 18.2 Å². The maximum absolute atomic E-state index is 11.5. The predicted molar refractivity (Wildman–Crippen MR) is 60.0 cm³/mol. The standard InChI is InChI=1S/C10H18N4O2/c1-14-5-9(13-7-14)10(15)12-4-3-8(11)6-16-2/h5,7-8H,3-4,6,11H2,1-2H3,(H,12,15). The van der Waals surface area contributed by atoms with Crippen molar-refractivity contribution in [1.82, 2.24) is 14.9 Å². The minimum absolute atomic E-state index is 0.0472. The van der Waals surface area contributed by atoms with Crippen LogP contribution in [0.25, 0.3) is 0 Å². The first-order chi connectivity index (χ1) is 7.63. The van der Waals surface area contributed by atoms with Gasteiger partial charge < -0.3 is 20.4 Å². The van der Waals surface area contributed by atoms with Gasteiger partial charge in [0.25, 0.3) is 5.91 Å². The van der Waals surface area contributed by atoms with Gasteiger partial charge in [0.1, 0.15) is 5.69 Å². The van der Waals surface area contributed by atoms with Gasteiger partial charge >= 0.3 is 0 Å². The van der Waals surface area contributed by atoms with E-state index in [4.69, 9.17) is 10.5 Å². The second kappa shape index (κ2) is 6.24. The third kappa shape index (κ3) is 4.00. The molecule has 3 N–H and O–H groups in total. The average molecular weight is 226 g/mol. The zero-order valence-corrected chi connectivity index (χ0v) is 9.64. The van der Waals surface area contributed by atoms with E-state index in [1.807, 2.05) is 7.05 Å². The second-order valence-electron chi connectivity index (χ2n) is 3.68. The lowest BCUT2D eigenvalue weighted by Gasteiger charge is -2.10. The molecule has 1 rings (SSSR count). The van der Waals surface area contributed by atoms with Gasteiger partial charge in [0.05, 0.1) is 12.9 Å². The van der Waals surface area contributed by atoms with Gasteiger partial charge in [-0.15, -0.1) is 0 Å². The highest BCUT2D eigenvalue weighted by Crippen LogP contribution is 1.94. The highest BCUT2D eigenvalue weighted by atomic mass is 16.5. The number of nitrogens with two attached hydrogens (primary N) is 1. The molecule has 1 amide bonds. The van der Waals surface area contributed by atoms with Crippen LogP contribution in [0, 0.1) is 0 Å². The molecule has 0 radical (unpaired) electrons. The number of imidazole rings is 1. The molecule has 0 saturated heterocycles. The first-order valence-electron chi connectivity index (χ1n) is 5.14. The van der Waals surface area contributed by atoms with Gasteiger partial charge in [0.2, 0.25) is 0 Å². The Morgan fingerprint density at radius 3 is 3.06 bits per heavy atom. The van der Waals surface area contributed by atoms with E-state index in [0.29, 0.717) is 25.3 Å². The van der Waals surface area contributed by atoms with Gasteiger partial charge in [-0.3, -0.25) is 4.79 Å². The smallest absolute Gasteiger partial charge is 0.271 e. The Bertz CT molecular complexity index is 337. The minimum Gasteiger partial charge on any atom is -0.383 e. The molecule has 0 bridgehead atoms. The number of aromatic nitrogens is 2. The van der Waals surface area contributed by atoms with E-state index in [-0.39, 0.29) is 11.9 Å². The lowest BCUT2D eigenvalue weighted by atomic mass is 10.2. The van der Waals surface area contributed by atoms with Gasteiger partial charge in [-0.05, 0) is 6.42 Å². The summed E-state index contributed by atoms with van der Waals surface area (Å²) >= 11 is 0. The molecule has 0 spiro atoms. The second-order valence-corrected chi connectivity index (χ2v) is 3.68. The molecule has 0 aliphatic heterocycles. The van der Waals surface area contributed by atoms with Crippen LogP contribution in [0.4, 0.5) is 0 Å².